The minimum absolute atomic E-state index is 0.0633. The summed E-state index contributed by atoms with van der Waals surface area (Å²) in [5.41, 5.74) is 0.588. The SMILES string of the molecule is CC(C)CCCn1c(SCC(=O)O)nc2ccsc2c1=O. The third kappa shape index (κ3) is 4.07. The van der Waals surface area contributed by atoms with Crippen LogP contribution < -0.4 is 5.56 Å². The molecular formula is C14H18N2O3S2. The first-order chi connectivity index (χ1) is 9.99. The number of carbonyl (C=O) groups is 1. The summed E-state index contributed by atoms with van der Waals surface area (Å²) >= 11 is 2.48. The van der Waals surface area contributed by atoms with Gasteiger partial charge in [0.15, 0.2) is 5.16 Å². The zero-order chi connectivity index (χ0) is 15.4. The molecule has 2 heterocycles. The largest absolute Gasteiger partial charge is 0.481 e. The van der Waals surface area contributed by atoms with E-state index >= 15 is 0 Å². The van der Waals surface area contributed by atoms with Crippen molar-refractivity contribution in [1.82, 2.24) is 9.55 Å². The molecule has 114 valence electrons. The Labute approximate surface area is 131 Å². The van der Waals surface area contributed by atoms with Crippen molar-refractivity contribution in [3.63, 3.8) is 0 Å². The molecule has 2 rings (SSSR count). The number of hydrogen-bond acceptors (Lipinski definition) is 5. The molecule has 1 N–H and O–H groups in total. The van der Waals surface area contributed by atoms with Crippen molar-refractivity contribution in [3.05, 3.63) is 21.8 Å². The molecule has 0 aliphatic carbocycles. The highest BCUT2D eigenvalue weighted by molar-refractivity contribution is 7.99. The van der Waals surface area contributed by atoms with Gasteiger partial charge in [0.1, 0.15) is 4.70 Å². The Morgan fingerprint density at radius 2 is 2.29 bits per heavy atom. The molecule has 7 heteroatoms. The van der Waals surface area contributed by atoms with Gasteiger partial charge in [0.25, 0.3) is 5.56 Å². The second-order valence-corrected chi connectivity index (χ2v) is 7.06. The third-order valence-electron chi connectivity index (χ3n) is 3.02. The Hall–Kier alpha value is -1.34. The van der Waals surface area contributed by atoms with Gasteiger partial charge in [0.05, 0.1) is 11.3 Å². The smallest absolute Gasteiger partial charge is 0.313 e. The molecule has 0 aromatic carbocycles. The van der Waals surface area contributed by atoms with Crippen LogP contribution in [0.15, 0.2) is 21.4 Å². The van der Waals surface area contributed by atoms with Crippen LogP contribution in [-0.4, -0.2) is 26.4 Å². The number of thioether (sulfide) groups is 1. The third-order valence-corrected chi connectivity index (χ3v) is 4.87. The Morgan fingerprint density at radius 3 is 2.95 bits per heavy atom. The number of aromatic nitrogens is 2. The van der Waals surface area contributed by atoms with Crippen LogP contribution in [0.5, 0.6) is 0 Å². The van der Waals surface area contributed by atoms with Crippen molar-refractivity contribution < 1.29 is 9.90 Å². The number of carboxylic acid groups (broad SMARTS) is 1. The molecule has 5 nitrogen and oxygen atoms in total. The summed E-state index contributed by atoms with van der Waals surface area (Å²) < 4.78 is 2.26. The zero-order valence-corrected chi connectivity index (χ0v) is 13.7. The molecule has 0 bridgehead atoms. The van der Waals surface area contributed by atoms with E-state index < -0.39 is 5.97 Å². The number of fused-ring (bicyclic) bond motifs is 1. The molecule has 0 saturated heterocycles. The average Bonchev–Trinajstić information content (AvgIpc) is 2.87. The summed E-state index contributed by atoms with van der Waals surface area (Å²) in [6.45, 7) is 4.87. The Kier molecular flexibility index (Phi) is 5.41. The van der Waals surface area contributed by atoms with E-state index in [1.165, 1.54) is 11.3 Å². The van der Waals surface area contributed by atoms with Crippen LogP contribution in [0, 0.1) is 5.92 Å². The fraction of sp³-hybridized carbons (Fsp3) is 0.500. The molecule has 0 aliphatic rings. The van der Waals surface area contributed by atoms with E-state index in [1.807, 2.05) is 5.38 Å². The van der Waals surface area contributed by atoms with Crippen LogP contribution in [-0.2, 0) is 11.3 Å². The van der Waals surface area contributed by atoms with Crippen molar-refractivity contribution in [2.75, 3.05) is 5.75 Å². The van der Waals surface area contributed by atoms with Gasteiger partial charge < -0.3 is 5.11 Å². The standard InChI is InChI=1S/C14H18N2O3S2/c1-9(2)4-3-6-16-13(19)12-10(5-7-20-12)15-14(16)21-8-11(17)18/h5,7,9H,3-4,6,8H2,1-2H3,(H,17,18). The quantitative estimate of drug-likeness (QED) is 0.625. The lowest BCUT2D eigenvalue weighted by atomic mass is 10.1. The van der Waals surface area contributed by atoms with Crippen molar-refractivity contribution in [2.24, 2.45) is 5.92 Å². The number of aliphatic carboxylic acids is 1. The molecule has 0 unspecified atom stereocenters. The Morgan fingerprint density at radius 1 is 1.52 bits per heavy atom. The monoisotopic (exact) mass is 326 g/mol. The van der Waals surface area contributed by atoms with Gasteiger partial charge in [-0.2, -0.15) is 0 Å². The van der Waals surface area contributed by atoms with E-state index in [0.29, 0.717) is 27.8 Å². The number of carboxylic acids is 1. The van der Waals surface area contributed by atoms with Crippen LogP contribution in [0.25, 0.3) is 10.2 Å². The summed E-state index contributed by atoms with van der Waals surface area (Å²) in [5.74, 6) is -0.422. The molecule has 2 aromatic heterocycles. The maximum Gasteiger partial charge on any atom is 0.313 e. The Balaban J connectivity index is 2.32. The summed E-state index contributed by atoms with van der Waals surface area (Å²) in [7, 11) is 0. The highest BCUT2D eigenvalue weighted by atomic mass is 32.2. The second-order valence-electron chi connectivity index (χ2n) is 5.20. The van der Waals surface area contributed by atoms with Gasteiger partial charge in [-0.15, -0.1) is 11.3 Å². The number of rotatable bonds is 7. The van der Waals surface area contributed by atoms with Gasteiger partial charge in [0.2, 0.25) is 0 Å². The first-order valence-corrected chi connectivity index (χ1v) is 8.68. The van der Waals surface area contributed by atoms with E-state index in [0.717, 1.165) is 24.6 Å². The van der Waals surface area contributed by atoms with E-state index in [4.69, 9.17) is 5.11 Å². The normalized spacial score (nSPS) is 11.4. The maximum atomic E-state index is 12.5. The van der Waals surface area contributed by atoms with Gasteiger partial charge >= 0.3 is 5.97 Å². The molecule has 0 radical (unpaired) electrons. The molecule has 21 heavy (non-hydrogen) atoms. The minimum atomic E-state index is -0.909. The minimum Gasteiger partial charge on any atom is -0.481 e. The van der Waals surface area contributed by atoms with Crippen molar-refractivity contribution in [3.8, 4) is 0 Å². The molecular weight excluding hydrogens is 308 g/mol. The highest BCUT2D eigenvalue weighted by Gasteiger charge is 2.13. The lowest BCUT2D eigenvalue weighted by molar-refractivity contribution is -0.133. The Bertz CT molecular complexity index is 691. The summed E-state index contributed by atoms with van der Waals surface area (Å²) in [6.07, 6.45) is 1.91. The van der Waals surface area contributed by atoms with Crippen LogP contribution in [0.3, 0.4) is 0 Å². The molecule has 0 aliphatic heterocycles. The number of hydrogen-bond donors (Lipinski definition) is 1. The fourth-order valence-electron chi connectivity index (χ4n) is 2.01. The van der Waals surface area contributed by atoms with Crippen molar-refractivity contribution in [2.45, 2.75) is 38.4 Å². The maximum absolute atomic E-state index is 12.5. The van der Waals surface area contributed by atoms with Crippen molar-refractivity contribution >= 4 is 39.3 Å². The van der Waals surface area contributed by atoms with E-state index in [1.54, 1.807) is 10.6 Å². The van der Waals surface area contributed by atoms with Crippen molar-refractivity contribution in [1.29, 1.82) is 0 Å². The fourth-order valence-corrected chi connectivity index (χ4v) is 3.54. The van der Waals surface area contributed by atoms with Crippen LogP contribution >= 0.6 is 23.1 Å². The summed E-state index contributed by atoms with van der Waals surface area (Å²) in [6, 6.07) is 1.80. The molecule has 0 spiro atoms. The van der Waals surface area contributed by atoms with Gasteiger partial charge in [-0.25, -0.2) is 4.98 Å². The van der Waals surface area contributed by atoms with E-state index in [-0.39, 0.29) is 11.3 Å². The lowest BCUT2D eigenvalue weighted by Crippen LogP contribution is -2.23. The topological polar surface area (TPSA) is 72.2 Å². The van der Waals surface area contributed by atoms with E-state index in [2.05, 4.69) is 18.8 Å². The molecule has 0 saturated carbocycles. The van der Waals surface area contributed by atoms with Gasteiger partial charge in [-0.1, -0.05) is 25.6 Å². The summed E-state index contributed by atoms with van der Waals surface area (Å²) in [4.78, 5) is 27.7. The van der Waals surface area contributed by atoms with Gasteiger partial charge in [-0.05, 0) is 30.2 Å². The van der Waals surface area contributed by atoms with Gasteiger partial charge in [0, 0.05) is 6.54 Å². The second kappa shape index (κ2) is 7.09. The predicted octanol–water partition coefficient (Wildman–Crippen LogP) is 3.07. The van der Waals surface area contributed by atoms with Crippen LogP contribution in [0.2, 0.25) is 0 Å². The first kappa shape index (κ1) is 16.0. The lowest BCUT2D eigenvalue weighted by Gasteiger charge is -2.12. The predicted molar refractivity (Wildman–Crippen MR) is 86.3 cm³/mol. The van der Waals surface area contributed by atoms with E-state index in [9.17, 15) is 9.59 Å². The highest BCUT2D eigenvalue weighted by Crippen LogP contribution is 2.21. The molecule has 0 amide bonds. The molecule has 0 atom stereocenters. The average molecular weight is 326 g/mol. The number of nitrogens with zero attached hydrogens (tertiary/aromatic N) is 2. The zero-order valence-electron chi connectivity index (χ0n) is 12.0. The summed E-state index contributed by atoms with van der Waals surface area (Å²) in [5, 5.41) is 11.2. The molecule has 2 aromatic rings. The van der Waals surface area contributed by atoms with Crippen LogP contribution in [0.1, 0.15) is 26.7 Å². The number of thiophene rings is 1. The van der Waals surface area contributed by atoms with Crippen LogP contribution in [0.4, 0.5) is 0 Å². The van der Waals surface area contributed by atoms with Gasteiger partial charge in [-0.3, -0.25) is 14.2 Å². The molecule has 0 fully saturated rings. The first-order valence-electron chi connectivity index (χ1n) is 6.81.